The number of carbonyl (C=O) groups is 1. The molecule has 0 saturated heterocycles. The summed E-state index contributed by atoms with van der Waals surface area (Å²) in [6.45, 7) is 4.40. The number of benzene rings is 1. The molecule has 1 aromatic carbocycles. The van der Waals surface area contributed by atoms with Crippen molar-refractivity contribution >= 4 is 11.8 Å². The first-order valence-electron chi connectivity index (χ1n) is 8.60. The first-order chi connectivity index (χ1) is 12.6. The van der Waals surface area contributed by atoms with Gasteiger partial charge in [-0.2, -0.15) is 5.10 Å². The van der Waals surface area contributed by atoms with Crippen molar-refractivity contribution in [3.05, 3.63) is 53.5 Å². The summed E-state index contributed by atoms with van der Waals surface area (Å²) in [5.74, 6) is 1.51. The maximum absolute atomic E-state index is 12.2. The van der Waals surface area contributed by atoms with Gasteiger partial charge in [0.2, 0.25) is 0 Å². The molecule has 3 rings (SSSR count). The lowest BCUT2D eigenvalue weighted by molar-refractivity contribution is 0.252. The molecule has 0 atom stereocenters. The van der Waals surface area contributed by atoms with Gasteiger partial charge in [-0.3, -0.25) is 10.00 Å². The lowest BCUT2D eigenvalue weighted by atomic mass is 10.1. The summed E-state index contributed by atoms with van der Waals surface area (Å²) in [6, 6.07) is 9.61. The minimum absolute atomic E-state index is 0.246. The molecular weight excluding hydrogens is 330 g/mol. The highest BCUT2D eigenvalue weighted by Gasteiger charge is 2.13. The van der Waals surface area contributed by atoms with Crippen molar-refractivity contribution in [1.29, 1.82) is 0 Å². The van der Waals surface area contributed by atoms with Crippen LogP contribution in [0.1, 0.15) is 23.4 Å². The lowest BCUT2D eigenvalue weighted by Crippen LogP contribution is -2.30. The molecule has 0 aliphatic heterocycles. The van der Waals surface area contributed by atoms with Gasteiger partial charge in [-0.1, -0.05) is 35.5 Å². The largest absolute Gasteiger partial charge is 0.361 e. The molecule has 2 heterocycles. The summed E-state index contributed by atoms with van der Waals surface area (Å²) >= 11 is 0. The summed E-state index contributed by atoms with van der Waals surface area (Å²) in [7, 11) is 1.81. The Morgan fingerprint density at radius 3 is 2.69 bits per heavy atom. The molecule has 0 unspecified atom stereocenters. The average Bonchev–Trinajstić information content (AvgIpc) is 3.16. The molecule has 7 nitrogen and oxygen atoms in total. The van der Waals surface area contributed by atoms with Crippen molar-refractivity contribution in [2.45, 2.75) is 26.7 Å². The Kier molecular flexibility index (Phi) is 5.36. The summed E-state index contributed by atoms with van der Waals surface area (Å²) in [6.07, 6.45) is 3.39. The van der Waals surface area contributed by atoms with E-state index in [9.17, 15) is 4.79 Å². The Balaban J connectivity index is 1.55. The van der Waals surface area contributed by atoms with Crippen LogP contribution in [0.15, 0.2) is 41.1 Å². The normalized spacial score (nSPS) is 10.7. The van der Waals surface area contributed by atoms with E-state index in [1.165, 1.54) is 0 Å². The van der Waals surface area contributed by atoms with Crippen LogP contribution in [-0.2, 0) is 13.5 Å². The van der Waals surface area contributed by atoms with Gasteiger partial charge in [0.25, 0.3) is 0 Å². The predicted octanol–water partition coefficient (Wildman–Crippen LogP) is 3.45. The Morgan fingerprint density at radius 2 is 2.00 bits per heavy atom. The first-order valence-corrected chi connectivity index (χ1v) is 8.60. The van der Waals surface area contributed by atoms with Crippen molar-refractivity contribution in [2.75, 3.05) is 11.9 Å². The standard InChI is InChI=1S/C19H23N5O2/c1-13-16(14(2)26-23-13)10-7-11-20-19(25)22-18-17(12-21-24(18)3)15-8-5-4-6-9-15/h4-6,8-9,12H,7,10-11H2,1-3H3,(H2,20,22,25). The number of hydrogen-bond donors (Lipinski definition) is 2. The number of amides is 2. The molecule has 7 heteroatoms. The van der Waals surface area contributed by atoms with Crippen LogP contribution in [0.5, 0.6) is 0 Å². The number of aromatic nitrogens is 3. The lowest BCUT2D eigenvalue weighted by Gasteiger charge is -2.10. The van der Waals surface area contributed by atoms with E-state index in [4.69, 9.17) is 4.52 Å². The van der Waals surface area contributed by atoms with Crippen LogP contribution in [0.25, 0.3) is 11.1 Å². The highest BCUT2D eigenvalue weighted by Crippen LogP contribution is 2.26. The number of urea groups is 1. The van der Waals surface area contributed by atoms with E-state index >= 15 is 0 Å². The molecule has 2 amide bonds. The Labute approximate surface area is 152 Å². The smallest absolute Gasteiger partial charge is 0.320 e. The van der Waals surface area contributed by atoms with E-state index in [-0.39, 0.29) is 6.03 Å². The zero-order valence-electron chi connectivity index (χ0n) is 15.2. The number of anilines is 1. The van der Waals surface area contributed by atoms with Gasteiger partial charge in [0.05, 0.1) is 11.9 Å². The van der Waals surface area contributed by atoms with E-state index in [1.54, 1.807) is 17.9 Å². The van der Waals surface area contributed by atoms with Crippen LogP contribution in [0.4, 0.5) is 10.6 Å². The van der Waals surface area contributed by atoms with Crippen molar-refractivity contribution in [3.63, 3.8) is 0 Å². The minimum atomic E-state index is -0.246. The Bertz CT molecular complexity index is 863. The van der Waals surface area contributed by atoms with Gasteiger partial charge in [0.1, 0.15) is 11.6 Å². The SMILES string of the molecule is Cc1noc(C)c1CCCNC(=O)Nc1c(-c2ccccc2)cnn1C. The fraction of sp³-hybridized carbons (Fsp3) is 0.316. The molecule has 0 radical (unpaired) electrons. The zero-order valence-corrected chi connectivity index (χ0v) is 15.2. The molecule has 136 valence electrons. The average molecular weight is 353 g/mol. The maximum Gasteiger partial charge on any atom is 0.320 e. The highest BCUT2D eigenvalue weighted by molar-refractivity contribution is 5.93. The fourth-order valence-electron chi connectivity index (χ4n) is 2.89. The molecular formula is C19H23N5O2. The molecule has 2 aromatic heterocycles. The molecule has 3 aromatic rings. The highest BCUT2D eigenvalue weighted by atomic mass is 16.5. The number of nitrogens with one attached hydrogen (secondary N) is 2. The number of aryl methyl sites for hydroxylation is 3. The van der Waals surface area contributed by atoms with Crippen molar-refractivity contribution in [2.24, 2.45) is 7.05 Å². The van der Waals surface area contributed by atoms with Gasteiger partial charge in [0, 0.05) is 24.7 Å². The Morgan fingerprint density at radius 1 is 1.23 bits per heavy atom. The number of rotatable bonds is 6. The van der Waals surface area contributed by atoms with E-state index in [1.807, 2.05) is 44.2 Å². The third-order valence-corrected chi connectivity index (χ3v) is 4.33. The van der Waals surface area contributed by atoms with Crippen LogP contribution in [-0.4, -0.2) is 27.5 Å². The van der Waals surface area contributed by atoms with Crippen molar-refractivity contribution in [1.82, 2.24) is 20.3 Å². The maximum atomic E-state index is 12.2. The molecule has 0 saturated carbocycles. The number of carbonyl (C=O) groups excluding carboxylic acids is 1. The van der Waals surface area contributed by atoms with E-state index in [0.717, 1.165) is 41.0 Å². The van der Waals surface area contributed by atoms with Crippen LogP contribution >= 0.6 is 0 Å². The van der Waals surface area contributed by atoms with Crippen molar-refractivity contribution in [3.8, 4) is 11.1 Å². The van der Waals surface area contributed by atoms with Crippen molar-refractivity contribution < 1.29 is 9.32 Å². The second-order valence-corrected chi connectivity index (χ2v) is 6.18. The summed E-state index contributed by atoms with van der Waals surface area (Å²) in [5, 5.41) is 14.0. The zero-order chi connectivity index (χ0) is 18.5. The van der Waals surface area contributed by atoms with Gasteiger partial charge in [-0.25, -0.2) is 4.79 Å². The third-order valence-electron chi connectivity index (χ3n) is 4.33. The van der Waals surface area contributed by atoms with Gasteiger partial charge in [-0.05, 0) is 32.3 Å². The topological polar surface area (TPSA) is 85.0 Å². The van der Waals surface area contributed by atoms with Gasteiger partial charge >= 0.3 is 6.03 Å². The molecule has 2 N–H and O–H groups in total. The molecule has 26 heavy (non-hydrogen) atoms. The fourth-order valence-corrected chi connectivity index (χ4v) is 2.89. The van der Waals surface area contributed by atoms with E-state index in [0.29, 0.717) is 12.4 Å². The number of hydrogen-bond acceptors (Lipinski definition) is 4. The van der Waals surface area contributed by atoms with Gasteiger partial charge in [-0.15, -0.1) is 0 Å². The predicted molar refractivity (Wildman–Crippen MR) is 100.0 cm³/mol. The van der Waals surface area contributed by atoms with Crippen LogP contribution < -0.4 is 10.6 Å². The summed E-state index contributed by atoms with van der Waals surface area (Å²) in [5.41, 5.74) is 3.92. The van der Waals surface area contributed by atoms with Crippen LogP contribution in [0, 0.1) is 13.8 Å². The molecule has 0 fully saturated rings. The van der Waals surface area contributed by atoms with E-state index in [2.05, 4.69) is 20.9 Å². The second kappa shape index (κ2) is 7.86. The quantitative estimate of drug-likeness (QED) is 0.665. The monoisotopic (exact) mass is 353 g/mol. The Hall–Kier alpha value is -3.09. The molecule has 0 aliphatic rings. The van der Waals surface area contributed by atoms with Gasteiger partial charge in [0.15, 0.2) is 0 Å². The summed E-state index contributed by atoms with van der Waals surface area (Å²) < 4.78 is 6.81. The third kappa shape index (κ3) is 3.93. The minimum Gasteiger partial charge on any atom is -0.361 e. The molecule has 0 aliphatic carbocycles. The van der Waals surface area contributed by atoms with E-state index < -0.39 is 0 Å². The summed E-state index contributed by atoms with van der Waals surface area (Å²) in [4.78, 5) is 12.2. The van der Waals surface area contributed by atoms with Gasteiger partial charge < -0.3 is 9.84 Å². The molecule has 0 bridgehead atoms. The van der Waals surface area contributed by atoms with Crippen LogP contribution in [0.3, 0.4) is 0 Å². The second-order valence-electron chi connectivity index (χ2n) is 6.18. The first kappa shape index (κ1) is 17.7. The van der Waals surface area contributed by atoms with Crippen LogP contribution in [0.2, 0.25) is 0 Å². The molecule has 0 spiro atoms. The number of nitrogens with zero attached hydrogens (tertiary/aromatic N) is 3.